The smallest absolute Gasteiger partial charge is 0.255 e. The van der Waals surface area contributed by atoms with Gasteiger partial charge in [0.2, 0.25) is 0 Å². The third-order valence-corrected chi connectivity index (χ3v) is 5.99. The monoisotopic (exact) mass is 449 g/mol. The summed E-state index contributed by atoms with van der Waals surface area (Å²) in [5.41, 5.74) is 4.00. The van der Waals surface area contributed by atoms with Gasteiger partial charge < -0.3 is 24.7 Å². The minimum Gasteiger partial charge on any atom is -0.493 e. The molecule has 0 bridgehead atoms. The van der Waals surface area contributed by atoms with E-state index in [0.717, 1.165) is 55.1 Å². The number of nitrogens with one attached hydrogen (secondary N) is 2. The van der Waals surface area contributed by atoms with Crippen LogP contribution in [0.25, 0.3) is 10.9 Å². The van der Waals surface area contributed by atoms with Crippen LogP contribution < -0.4 is 15.4 Å². The molecule has 1 unspecified atom stereocenters. The molecule has 1 aliphatic rings. The Labute approximate surface area is 196 Å². The molecule has 1 fully saturated rings. The molecule has 2 N–H and O–H groups in total. The summed E-state index contributed by atoms with van der Waals surface area (Å²) >= 11 is 0. The van der Waals surface area contributed by atoms with Crippen LogP contribution in [-0.4, -0.2) is 36.8 Å². The molecular formula is C27H35N3O3. The van der Waals surface area contributed by atoms with Gasteiger partial charge in [0.1, 0.15) is 5.75 Å². The number of nitrogens with zero attached hydrogens (tertiary/aromatic N) is 1. The molecule has 33 heavy (non-hydrogen) atoms. The van der Waals surface area contributed by atoms with Gasteiger partial charge >= 0.3 is 0 Å². The molecular weight excluding hydrogens is 414 g/mol. The number of rotatable bonds is 8. The Morgan fingerprint density at radius 3 is 2.64 bits per heavy atom. The van der Waals surface area contributed by atoms with Gasteiger partial charge in [-0.05, 0) is 60.4 Å². The van der Waals surface area contributed by atoms with E-state index < -0.39 is 0 Å². The fraction of sp³-hybridized carbons (Fsp3) is 0.444. The summed E-state index contributed by atoms with van der Waals surface area (Å²) in [5.74, 6) is 1.10. The van der Waals surface area contributed by atoms with Crippen molar-refractivity contribution in [3.05, 3.63) is 59.8 Å². The predicted molar refractivity (Wildman–Crippen MR) is 133 cm³/mol. The van der Waals surface area contributed by atoms with Gasteiger partial charge in [-0.1, -0.05) is 20.8 Å². The molecule has 0 aliphatic carbocycles. The number of anilines is 1. The first-order valence-corrected chi connectivity index (χ1v) is 11.7. The van der Waals surface area contributed by atoms with Gasteiger partial charge in [0.25, 0.3) is 5.91 Å². The predicted octanol–water partition coefficient (Wildman–Crippen LogP) is 4.98. The van der Waals surface area contributed by atoms with Crippen molar-refractivity contribution in [2.75, 3.05) is 31.7 Å². The Kier molecular flexibility index (Phi) is 7.05. The second-order valence-electron chi connectivity index (χ2n) is 10.2. The average molecular weight is 450 g/mol. The number of fused-ring (bicyclic) bond motifs is 1. The van der Waals surface area contributed by atoms with Gasteiger partial charge in [0.05, 0.1) is 13.2 Å². The molecule has 1 aromatic heterocycles. The van der Waals surface area contributed by atoms with E-state index in [1.54, 1.807) is 12.1 Å². The third-order valence-electron chi connectivity index (χ3n) is 5.99. The maximum atomic E-state index is 12.8. The topological polar surface area (TPSA) is 64.5 Å². The Hall–Kier alpha value is -2.83. The van der Waals surface area contributed by atoms with Crippen molar-refractivity contribution in [1.29, 1.82) is 0 Å². The van der Waals surface area contributed by atoms with E-state index in [2.05, 4.69) is 55.2 Å². The SMILES string of the molecule is Cn1c(CNCC(C)(C)C)cc2cc(NC(=O)c3ccc(OCC4CCOC4)cc3)ccc21. The molecule has 176 valence electrons. The highest BCUT2D eigenvalue weighted by Crippen LogP contribution is 2.24. The van der Waals surface area contributed by atoms with Crippen molar-refractivity contribution in [2.45, 2.75) is 33.7 Å². The van der Waals surface area contributed by atoms with Gasteiger partial charge in [-0.15, -0.1) is 0 Å². The number of hydrogen-bond acceptors (Lipinski definition) is 4. The van der Waals surface area contributed by atoms with Crippen molar-refractivity contribution in [3.8, 4) is 5.75 Å². The van der Waals surface area contributed by atoms with Gasteiger partial charge in [-0.25, -0.2) is 0 Å². The van der Waals surface area contributed by atoms with E-state index in [4.69, 9.17) is 9.47 Å². The first-order chi connectivity index (χ1) is 15.8. The lowest BCUT2D eigenvalue weighted by molar-refractivity contribution is 0.102. The summed E-state index contributed by atoms with van der Waals surface area (Å²) in [5, 5.41) is 7.66. The average Bonchev–Trinajstić information content (AvgIpc) is 3.40. The van der Waals surface area contributed by atoms with Crippen LogP contribution in [0.4, 0.5) is 5.69 Å². The number of aromatic nitrogens is 1. The highest BCUT2D eigenvalue weighted by Gasteiger charge is 2.16. The molecule has 6 heteroatoms. The van der Waals surface area contributed by atoms with Gasteiger partial charge in [-0.3, -0.25) is 4.79 Å². The van der Waals surface area contributed by atoms with Crippen molar-refractivity contribution in [1.82, 2.24) is 9.88 Å². The fourth-order valence-corrected chi connectivity index (χ4v) is 4.05. The maximum absolute atomic E-state index is 12.8. The zero-order chi connectivity index (χ0) is 23.4. The van der Waals surface area contributed by atoms with E-state index >= 15 is 0 Å². The summed E-state index contributed by atoms with van der Waals surface area (Å²) in [7, 11) is 2.08. The lowest BCUT2D eigenvalue weighted by Gasteiger charge is -2.18. The number of ether oxygens (including phenoxy) is 2. The number of carbonyl (C=O) groups is 1. The Morgan fingerprint density at radius 2 is 1.94 bits per heavy atom. The second kappa shape index (κ2) is 9.98. The molecule has 1 aliphatic heterocycles. The Bertz CT molecular complexity index is 1090. The highest BCUT2D eigenvalue weighted by molar-refractivity contribution is 6.05. The van der Waals surface area contributed by atoms with Crippen LogP contribution in [-0.2, 0) is 18.3 Å². The number of hydrogen-bond donors (Lipinski definition) is 2. The van der Waals surface area contributed by atoms with Crippen LogP contribution in [0.5, 0.6) is 5.75 Å². The van der Waals surface area contributed by atoms with Crippen molar-refractivity contribution >= 4 is 22.5 Å². The summed E-state index contributed by atoms with van der Waals surface area (Å²) in [6, 6.07) is 15.5. The Morgan fingerprint density at radius 1 is 1.15 bits per heavy atom. The molecule has 1 saturated heterocycles. The van der Waals surface area contributed by atoms with E-state index in [1.807, 2.05) is 24.3 Å². The molecule has 1 atom stereocenters. The summed E-state index contributed by atoms with van der Waals surface area (Å²) in [6.07, 6.45) is 1.04. The molecule has 2 heterocycles. The minimum atomic E-state index is -0.131. The van der Waals surface area contributed by atoms with Crippen molar-refractivity contribution in [2.24, 2.45) is 18.4 Å². The number of aryl methyl sites for hydroxylation is 1. The van der Waals surface area contributed by atoms with Crippen LogP contribution in [0.3, 0.4) is 0 Å². The van der Waals surface area contributed by atoms with Crippen LogP contribution in [0, 0.1) is 11.3 Å². The molecule has 3 aromatic rings. The zero-order valence-electron chi connectivity index (χ0n) is 20.1. The third kappa shape index (κ3) is 6.15. The van der Waals surface area contributed by atoms with Gasteiger partial charge in [0.15, 0.2) is 0 Å². The van der Waals surface area contributed by atoms with E-state index in [9.17, 15) is 4.79 Å². The summed E-state index contributed by atoms with van der Waals surface area (Å²) in [4.78, 5) is 12.8. The largest absolute Gasteiger partial charge is 0.493 e. The first-order valence-electron chi connectivity index (χ1n) is 11.7. The Balaban J connectivity index is 1.37. The number of carbonyl (C=O) groups excluding carboxylic acids is 1. The van der Waals surface area contributed by atoms with Crippen molar-refractivity contribution < 1.29 is 14.3 Å². The molecule has 0 radical (unpaired) electrons. The van der Waals surface area contributed by atoms with E-state index in [0.29, 0.717) is 18.1 Å². The molecule has 2 aromatic carbocycles. The summed E-state index contributed by atoms with van der Waals surface area (Å²) in [6.45, 7) is 10.7. The van der Waals surface area contributed by atoms with Crippen LogP contribution in [0.15, 0.2) is 48.5 Å². The molecule has 0 saturated carbocycles. The van der Waals surface area contributed by atoms with Crippen LogP contribution in [0.2, 0.25) is 0 Å². The van der Waals surface area contributed by atoms with Crippen molar-refractivity contribution in [3.63, 3.8) is 0 Å². The fourth-order valence-electron chi connectivity index (χ4n) is 4.05. The standard InChI is InChI=1S/C27H35N3O3/c1-27(2,3)18-28-15-23-14-21-13-22(7-10-25(21)30(23)4)29-26(31)20-5-8-24(9-6-20)33-17-19-11-12-32-16-19/h5-10,13-14,19,28H,11-12,15-18H2,1-4H3,(H,29,31). The van der Waals surface area contributed by atoms with Crippen LogP contribution in [0.1, 0.15) is 43.2 Å². The number of amides is 1. The van der Waals surface area contributed by atoms with E-state index in [1.165, 1.54) is 5.69 Å². The summed E-state index contributed by atoms with van der Waals surface area (Å²) < 4.78 is 13.4. The number of benzene rings is 2. The maximum Gasteiger partial charge on any atom is 0.255 e. The van der Waals surface area contributed by atoms with Crippen LogP contribution >= 0.6 is 0 Å². The first kappa shape index (κ1) is 23.3. The lowest BCUT2D eigenvalue weighted by Crippen LogP contribution is -2.27. The quantitative estimate of drug-likeness (QED) is 0.509. The molecule has 6 nitrogen and oxygen atoms in total. The highest BCUT2D eigenvalue weighted by atomic mass is 16.5. The molecule has 0 spiro atoms. The van der Waals surface area contributed by atoms with E-state index in [-0.39, 0.29) is 11.3 Å². The molecule has 4 rings (SSSR count). The minimum absolute atomic E-state index is 0.131. The second-order valence-corrected chi connectivity index (χ2v) is 10.2. The normalized spacial score (nSPS) is 16.3. The molecule has 1 amide bonds. The van der Waals surface area contributed by atoms with Gasteiger partial charge in [-0.2, -0.15) is 0 Å². The van der Waals surface area contributed by atoms with Gasteiger partial charge in [0, 0.05) is 60.5 Å². The lowest BCUT2D eigenvalue weighted by atomic mass is 9.97. The zero-order valence-corrected chi connectivity index (χ0v) is 20.1.